The summed E-state index contributed by atoms with van der Waals surface area (Å²) in [5.41, 5.74) is -2.40. The predicted octanol–water partition coefficient (Wildman–Crippen LogP) is 5.63. The number of amides is 1. The predicted molar refractivity (Wildman–Crippen MR) is 129 cm³/mol. The molecule has 0 aliphatic heterocycles. The van der Waals surface area contributed by atoms with E-state index in [1.807, 2.05) is 0 Å². The van der Waals surface area contributed by atoms with E-state index in [1.54, 1.807) is 6.92 Å². The van der Waals surface area contributed by atoms with Gasteiger partial charge in [-0.3, -0.25) is 9.78 Å². The minimum absolute atomic E-state index is 0.00540. The van der Waals surface area contributed by atoms with E-state index in [0.29, 0.717) is 6.61 Å². The Balaban J connectivity index is 1.78. The number of pyridine rings is 2. The van der Waals surface area contributed by atoms with E-state index < -0.39 is 35.1 Å². The number of halogens is 6. The van der Waals surface area contributed by atoms with Crippen molar-refractivity contribution in [2.75, 3.05) is 25.1 Å². The lowest BCUT2D eigenvalue weighted by molar-refractivity contribution is -0.138. The van der Waals surface area contributed by atoms with E-state index in [0.717, 1.165) is 24.3 Å². The number of carbonyl (C=O) groups excluding carboxylic acids is 1. The van der Waals surface area contributed by atoms with Crippen LogP contribution in [-0.4, -0.2) is 45.6 Å². The van der Waals surface area contributed by atoms with Crippen LogP contribution >= 0.6 is 0 Å². The number of ether oxygens (including phenoxy) is 1. The minimum atomic E-state index is -4.70. The number of fused-ring (bicyclic) bond motifs is 1. The number of benzene rings is 1. The fourth-order valence-corrected chi connectivity index (χ4v) is 3.52. The van der Waals surface area contributed by atoms with Gasteiger partial charge in [0.2, 0.25) is 5.82 Å². The molecule has 0 saturated heterocycles. The molecule has 0 unspecified atom stereocenters. The molecule has 0 radical (unpaired) electrons. The Bertz CT molecular complexity index is 1480. The largest absolute Gasteiger partial charge is 0.418 e. The van der Waals surface area contributed by atoms with Gasteiger partial charge >= 0.3 is 12.4 Å². The van der Waals surface area contributed by atoms with Crippen LogP contribution in [0.1, 0.15) is 28.7 Å². The molecule has 0 saturated carbocycles. The SMILES string of the molecule is CCOCCNC(=O)c1nc(Nc2ccc(C(F)(F)F)cc2)c2ccc(-c3ncccc3C(F)(F)F)nc2n1. The van der Waals surface area contributed by atoms with Gasteiger partial charge in [0.05, 0.1) is 28.8 Å². The van der Waals surface area contributed by atoms with Crippen molar-refractivity contribution in [3.63, 3.8) is 0 Å². The van der Waals surface area contributed by atoms with Crippen LogP contribution in [0.3, 0.4) is 0 Å². The quantitative estimate of drug-likeness (QED) is 0.216. The third-order valence-corrected chi connectivity index (χ3v) is 5.33. The Morgan fingerprint density at radius 2 is 1.67 bits per heavy atom. The molecule has 39 heavy (non-hydrogen) atoms. The summed E-state index contributed by atoms with van der Waals surface area (Å²) < 4.78 is 84.7. The van der Waals surface area contributed by atoms with Crippen LogP contribution in [0.4, 0.5) is 37.8 Å². The summed E-state index contributed by atoms with van der Waals surface area (Å²) in [7, 11) is 0. The van der Waals surface area contributed by atoms with Crippen molar-refractivity contribution in [2.24, 2.45) is 0 Å². The number of aromatic nitrogens is 4. The number of hydrogen-bond acceptors (Lipinski definition) is 7. The van der Waals surface area contributed by atoms with Crippen molar-refractivity contribution in [1.29, 1.82) is 0 Å². The second-order valence-corrected chi connectivity index (χ2v) is 8.01. The average Bonchev–Trinajstić information content (AvgIpc) is 2.90. The zero-order valence-corrected chi connectivity index (χ0v) is 20.2. The summed E-state index contributed by atoms with van der Waals surface area (Å²) in [5, 5.41) is 5.59. The number of rotatable bonds is 8. The van der Waals surface area contributed by atoms with Gasteiger partial charge in [-0.15, -0.1) is 0 Å². The van der Waals surface area contributed by atoms with Crippen molar-refractivity contribution >= 4 is 28.4 Å². The summed E-state index contributed by atoms with van der Waals surface area (Å²) in [5.74, 6) is -1.07. The fraction of sp³-hybridized carbons (Fsp3) is 0.240. The maximum Gasteiger partial charge on any atom is 0.418 e. The molecule has 0 bridgehead atoms. The van der Waals surface area contributed by atoms with Gasteiger partial charge in [-0.25, -0.2) is 15.0 Å². The lowest BCUT2D eigenvalue weighted by atomic mass is 10.1. The third kappa shape index (κ3) is 6.57. The van der Waals surface area contributed by atoms with Gasteiger partial charge in [0.1, 0.15) is 11.5 Å². The topological polar surface area (TPSA) is 102 Å². The zero-order chi connectivity index (χ0) is 28.2. The van der Waals surface area contributed by atoms with Crippen molar-refractivity contribution < 1.29 is 35.9 Å². The number of carbonyl (C=O) groups is 1. The lowest BCUT2D eigenvalue weighted by Crippen LogP contribution is -2.29. The molecule has 0 spiro atoms. The van der Waals surface area contributed by atoms with Crippen molar-refractivity contribution in [3.05, 3.63) is 71.7 Å². The average molecular weight is 550 g/mol. The standard InChI is InChI=1S/C25H20F6N6O2/c1-2-39-13-12-33-23(38)22-36-20(34-15-7-5-14(6-8-15)24(26,27)28)16-9-10-18(35-21(16)37-22)19-17(25(29,30)31)4-3-11-32-19/h3-11H,2,12-13H2,1H3,(H,33,38)(H,34,35,36,37). The number of nitrogens with zero attached hydrogens (tertiary/aromatic N) is 4. The first-order chi connectivity index (χ1) is 18.5. The summed E-state index contributed by atoms with van der Waals surface area (Å²) in [6, 6.07) is 8.74. The first-order valence-corrected chi connectivity index (χ1v) is 11.5. The monoisotopic (exact) mass is 550 g/mol. The van der Waals surface area contributed by atoms with Crippen LogP contribution in [0.2, 0.25) is 0 Å². The molecule has 8 nitrogen and oxygen atoms in total. The lowest BCUT2D eigenvalue weighted by Gasteiger charge is -2.14. The Morgan fingerprint density at radius 3 is 2.33 bits per heavy atom. The number of anilines is 2. The van der Waals surface area contributed by atoms with E-state index in [-0.39, 0.29) is 47.2 Å². The molecule has 3 heterocycles. The maximum absolute atomic E-state index is 13.6. The first-order valence-electron chi connectivity index (χ1n) is 11.5. The highest BCUT2D eigenvalue weighted by Crippen LogP contribution is 2.36. The number of alkyl halides is 6. The molecule has 0 aliphatic carbocycles. The Hall–Kier alpha value is -4.33. The van der Waals surface area contributed by atoms with Crippen LogP contribution < -0.4 is 10.6 Å². The van der Waals surface area contributed by atoms with Gasteiger partial charge in [-0.1, -0.05) is 0 Å². The molecular formula is C25H20F6N6O2. The molecule has 0 atom stereocenters. The summed E-state index contributed by atoms with van der Waals surface area (Å²) in [4.78, 5) is 29.1. The van der Waals surface area contributed by atoms with Crippen LogP contribution in [0.5, 0.6) is 0 Å². The molecule has 0 fully saturated rings. The highest BCUT2D eigenvalue weighted by molar-refractivity contribution is 5.96. The van der Waals surface area contributed by atoms with Gasteiger partial charge in [0.25, 0.3) is 5.91 Å². The number of nitrogens with one attached hydrogen (secondary N) is 2. The van der Waals surface area contributed by atoms with E-state index in [2.05, 4.69) is 30.6 Å². The molecule has 14 heteroatoms. The van der Waals surface area contributed by atoms with E-state index in [1.165, 1.54) is 30.5 Å². The molecule has 0 aliphatic rings. The van der Waals surface area contributed by atoms with Crippen molar-refractivity contribution in [1.82, 2.24) is 25.3 Å². The molecule has 4 rings (SSSR count). The second-order valence-electron chi connectivity index (χ2n) is 8.01. The van der Waals surface area contributed by atoms with Gasteiger partial charge in [-0.2, -0.15) is 26.3 Å². The molecule has 204 valence electrons. The van der Waals surface area contributed by atoms with E-state index in [9.17, 15) is 31.1 Å². The van der Waals surface area contributed by atoms with Gasteiger partial charge in [0.15, 0.2) is 5.65 Å². The molecule has 3 aromatic heterocycles. The highest BCUT2D eigenvalue weighted by Gasteiger charge is 2.35. The van der Waals surface area contributed by atoms with Crippen molar-refractivity contribution in [3.8, 4) is 11.4 Å². The smallest absolute Gasteiger partial charge is 0.380 e. The molecule has 1 amide bonds. The first kappa shape index (κ1) is 27.7. The van der Waals surface area contributed by atoms with Gasteiger partial charge in [0, 0.05) is 25.0 Å². The Labute approximate surface area is 217 Å². The highest BCUT2D eigenvalue weighted by atomic mass is 19.4. The zero-order valence-electron chi connectivity index (χ0n) is 20.2. The molecular weight excluding hydrogens is 530 g/mol. The summed E-state index contributed by atoms with van der Waals surface area (Å²) >= 11 is 0. The third-order valence-electron chi connectivity index (χ3n) is 5.33. The molecule has 4 aromatic rings. The van der Waals surface area contributed by atoms with Crippen LogP contribution in [0, 0.1) is 0 Å². The minimum Gasteiger partial charge on any atom is -0.380 e. The van der Waals surface area contributed by atoms with Gasteiger partial charge < -0.3 is 15.4 Å². The van der Waals surface area contributed by atoms with E-state index in [4.69, 9.17) is 4.74 Å². The summed E-state index contributed by atoms with van der Waals surface area (Å²) in [6.45, 7) is 2.56. The molecule has 1 aromatic carbocycles. The Kier molecular flexibility index (Phi) is 7.95. The van der Waals surface area contributed by atoms with Crippen LogP contribution in [0.15, 0.2) is 54.7 Å². The second kappa shape index (κ2) is 11.2. The van der Waals surface area contributed by atoms with Crippen LogP contribution in [0.25, 0.3) is 22.4 Å². The molecule has 2 N–H and O–H groups in total. The van der Waals surface area contributed by atoms with Crippen molar-refractivity contribution in [2.45, 2.75) is 19.3 Å². The number of hydrogen-bond donors (Lipinski definition) is 2. The normalized spacial score (nSPS) is 12.0. The fourth-order valence-electron chi connectivity index (χ4n) is 3.52. The van der Waals surface area contributed by atoms with E-state index >= 15 is 0 Å². The van der Waals surface area contributed by atoms with Gasteiger partial charge in [-0.05, 0) is 55.5 Å². The van der Waals surface area contributed by atoms with Crippen LogP contribution in [-0.2, 0) is 17.1 Å². The summed E-state index contributed by atoms with van der Waals surface area (Å²) in [6.07, 6.45) is -8.05. The maximum atomic E-state index is 13.6. The Morgan fingerprint density at radius 1 is 0.923 bits per heavy atom.